The summed E-state index contributed by atoms with van der Waals surface area (Å²) in [5, 5.41) is 3.13. The van der Waals surface area contributed by atoms with Crippen molar-refractivity contribution in [2.45, 2.75) is 56.7 Å². The van der Waals surface area contributed by atoms with Gasteiger partial charge in [-0.2, -0.15) is 0 Å². The van der Waals surface area contributed by atoms with Crippen molar-refractivity contribution >= 4 is 9.84 Å². The molecular formula is C13H23NO2S. The van der Waals surface area contributed by atoms with E-state index in [1.807, 2.05) is 0 Å². The molecule has 0 aromatic heterocycles. The van der Waals surface area contributed by atoms with Gasteiger partial charge in [-0.3, -0.25) is 0 Å². The number of sulfone groups is 1. The molecule has 0 aliphatic carbocycles. The van der Waals surface area contributed by atoms with Crippen molar-refractivity contribution in [3.8, 4) is 12.3 Å². The van der Waals surface area contributed by atoms with Crippen LogP contribution in [-0.2, 0) is 9.84 Å². The normalized spacial score (nSPS) is 25.1. The predicted molar refractivity (Wildman–Crippen MR) is 71.6 cm³/mol. The minimum absolute atomic E-state index is 0.0382. The summed E-state index contributed by atoms with van der Waals surface area (Å²) in [6.07, 6.45) is 10.3. The molecule has 98 valence electrons. The molecule has 1 saturated heterocycles. The molecule has 17 heavy (non-hydrogen) atoms. The van der Waals surface area contributed by atoms with Crippen LogP contribution in [-0.4, -0.2) is 32.0 Å². The summed E-state index contributed by atoms with van der Waals surface area (Å²) in [7, 11) is -2.91. The molecule has 1 heterocycles. The smallest absolute Gasteiger partial charge is 0.154 e. The third kappa shape index (κ3) is 4.33. The predicted octanol–water partition coefficient (Wildman–Crippen LogP) is 1.74. The molecule has 0 aromatic carbocycles. The van der Waals surface area contributed by atoms with Crippen molar-refractivity contribution in [3.63, 3.8) is 0 Å². The van der Waals surface area contributed by atoms with Crippen LogP contribution >= 0.6 is 0 Å². The van der Waals surface area contributed by atoms with E-state index in [4.69, 9.17) is 6.42 Å². The Morgan fingerprint density at radius 1 is 1.47 bits per heavy atom. The van der Waals surface area contributed by atoms with E-state index in [0.717, 1.165) is 38.6 Å². The molecule has 1 aliphatic heterocycles. The van der Waals surface area contributed by atoms with Gasteiger partial charge in [-0.1, -0.05) is 13.3 Å². The number of nitrogens with one attached hydrogen (secondary N) is 1. The van der Waals surface area contributed by atoms with Crippen molar-refractivity contribution in [2.24, 2.45) is 0 Å². The molecule has 1 fully saturated rings. The zero-order chi connectivity index (χ0) is 12.7. The molecule has 0 bridgehead atoms. The van der Waals surface area contributed by atoms with E-state index in [1.165, 1.54) is 0 Å². The Balaban J connectivity index is 2.69. The van der Waals surface area contributed by atoms with Gasteiger partial charge < -0.3 is 5.32 Å². The largest absolute Gasteiger partial charge is 0.313 e. The van der Waals surface area contributed by atoms with Gasteiger partial charge in [0.25, 0.3) is 0 Å². The van der Waals surface area contributed by atoms with Gasteiger partial charge in [0.1, 0.15) is 0 Å². The Bertz CT molecular complexity index is 356. The first-order valence-corrected chi connectivity index (χ1v) is 8.21. The Morgan fingerprint density at radius 3 is 2.82 bits per heavy atom. The highest BCUT2D eigenvalue weighted by molar-refractivity contribution is 7.92. The van der Waals surface area contributed by atoms with Crippen molar-refractivity contribution in [1.29, 1.82) is 0 Å². The zero-order valence-electron chi connectivity index (χ0n) is 10.6. The van der Waals surface area contributed by atoms with Gasteiger partial charge in [-0.15, -0.1) is 12.3 Å². The first kappa shape index (κ1) is 14.5. The summed E-state index contributed by atoms with van der Waals surface area (Å²) < 4.78 is 24.1. The molecular weight excluding hydrogens is 234 g/mol. The molecule has 4 heteroatoms. The van der Waals surface area contributed by atoms with E-state index in [-0.39, 0.29) is 11.3 Å². The second-order valence-corrected chi connectivity index (χ2v) is 7.04. The molecule has 2 unspecified atom stereocenters. The number of hydrogen-bond acceptors (Lipinski definition) is 3. The van der Waals surface area contributed by atoms with E-state index in [9.17, 15) is 8.42 Å². The highest BCUT2D eigenvalue weighted by atomic mass is 32.2. The SMILES string of the molecule is C#CCCC(NCCC)C1CCCCS1(=O)=O. The van der Waals surface area contributed by atoms with Gasteiger partial charge in [-0.25, -0.2) is 8.42 Å². The number of hydrogen-bond donors (Lipinski definition) is 1. The zero-order valence-corrected chi connectivity index (χ0v) is 11.4. The Morgan fingerprint density at radius 2 is 2.24 bits per heavy atom. The lowest BCUT2D eigenvalue weighted by molar-refractivity contribution is 0.420. The van der Waals surface area contributed by atoms with Crippen molar-refractivity contribution in [2.75, 3.05) is 12.3 Å². The van der Waals surface area contributed by atoms with Gasteiger partial charge >= 0.3 is 0 Å². The van der Waals surface area contributed by atoms with Crippen molar-refractivity contribution in [3.05, 3.63) is 0 Å². The van der Waals surface area contributed by atoms with E-state index in [1.54, 1.807) is 0 Å². The molecule has 1 N–H and O–H groups in total. The fraction of sp³-hybridized carbons (Fsp3) is 0.846. The summed E-state index contributed by atoms with van der Waals surface area (Å²) in [5.74, 6) is 2.95. The van der Waals surface area contributed by atoms with Crippen LogP contribution in [0.25, 0.3) is 0 Å². The maximum atomic E-state index is 12.1. The quantitative estimate of drug-likeness (QED) is 0.737. The third-order valence-corrected chi connectivity index (χ3v) is 5.68. The second-order valence-electron chi connectivity index (χ2n) is 4.70. The molecule has 3 nitrogen and oxygen atoms in total. The van der Waals surface area contributed by atoms with Crippen LogP contribution in [0.1, 0.15) is 45.4 Å². The van der Waals surface area contributed by atoms with Crippen LogP contribution in [0.15, 0.2) is 0 Å². The lowest BCUT2D eigenvalue weighted by atomic mass is 10.0. The molecule has 0 spiro atoms. The fourth-order valence-corrected chi connectivity index (χ4v) is 4.59. The number of rotatable bonds is 6. The average molecular weight is 257 g/mol. The lowest BCUT2D eigenvalue weighted by Crippen LogP contribution is -2.46. The van der Waals surface area contributed by atoms with Gasteiger partial charge in [0.05, 0.1) is 11.0 Å². The fourth-order valence-electron chi connectivity index (χ4n) is 2.42. The summed E-state index contributed by atoms with van der Waals surface area (Å²) in [6.45, 7) is 2.95. The summed E-state index contributed by atoms with van der Waals surface area (Å²) >= 11 is 0. The lowest BCUT2D eigenvalue weighted by Gasteiger charge is -2.30. The minimum Gasteiger partial charge on any atom is -0.313 e. The maximum absolute atomic E-state index is 12.1. The van der Waals surface area contributed by atoms with Crippen LogP contribution < -0.4 is 5.32 Å². The maximum Gasteiger partial charge on any atom is 0.154 e. The molecule has 0 aromatic rings. The van der Waals surface area contributed by atoms with Crippen LogP contribution in [0.5, 0.6) is 0 Å². The minimum atomic E-state index is -2.91. The van der Waals surface area contributed by atoms with E-state index in [0.29, 0.717) is 12.2 Å². The Hall–Kier alpha value is -0.530. The van der Waals surface area contributed by atoms with E-state index < -0.39 is 9.84 Å². The second kappa shape index (κ2) is 7.03. The highest BCUT2D eigenvalue weighted by Gasteiger charge is 2.34. The third-order valence-electron chi connectivity index (χ3n) is 3.33. The standard InChI is InChI=1S/C13H23NO2S/c1-3-5-8-12(14-10-4-2)13-9-6-7-11-17(13,15)16/h1,12-14H,4-11H2,2H3. The molecule has 0 amide bonds. The molecule has 0 radical (unpaired) electrons. The van der Waals surface area contributed by atoms with E-state index >= 15 is 0 Å². The number of terminal acetylenes is 1. The van der Waals surface area contributed by atoms with Crippen LogP contribution in [0.3, 0.4) is 0 Å². The molecule has 1 rings (SSSR count). The molecule has 0 saturated carbocycles. The van der Waals surface area contributed by atoms with Gasteiger partial charge in [0.15, 0.2) is 9.84 Å². The van der Waals surface area contributed by atoms with Crippen LogP contribution in [0.2, 0.25) is 0 Å². The first-order chi connectivity index (χ1) is 8.11. The first-order valence-electron chi connectivity index (χ1n) is 6.50. The van der Waals surface area contributed by atoms with Crippen molar-refractivity contribution in [1.82, 2.24) is 5.32 Å². The van der Waals surface area contributed by atoms with Gasteiger partial charge in [0, 0.05) is 12.5 Å². The van der Waals surface area contributed by atoms with Crippen LogP contribution in [0, 0.1) is 12.3 Å². The Kier molecular flexibility index (Phi) is 6.01. The van der Waals surface area contributed by atoms with Gasteiger partial charge in [-0.05, 0) is 32.2 Å². The van der Waals surface area contributed by atoms with Crippen molar-refractivity contribution < 1.29 is 8.42 Å². The highest BCUT2D eigenvalue weighted by Crippen LogP contribution is 2.24. The Labute approximate surface area is 105 Å². The molecule has 2 atom stereocenters. The summed E-state index contributed by atoms with van der Waals surface area (Å²) in [5.41, 5.74) is 0. The van der Waals surface area contributed by atoms with E-state index in [2.05, 4.69) is 18.2 Å². The summed E-state index contributed by atoms with van der Waals surface area (Å²) in [4.78, 5) is 0. The molecule has 1 aliphatic rings. The van der Waals surface area contributed by atoms with Crippen LogP contribution in [0.4, 0.5) is 0 Å². The summed E-state index contributed by atoms with van der Waals surface area (Å²) in [6, 6.07) is 0.0382. The van der Waals surface area contributed by atoms with Gasteiger partial charge in [0.2, 0.25) is 0 Å². The average Bonchev–Trinajstić information content (AvgIpc) is 2.30. The topological polar surface area (TPSA) is 46.2 Å². The monoisotopic (exact) mass is 257 g/mol.